The maximum absolute atomic E-state index is 12.9. The van der Waals surface area contributed by atoms with Crippen molar-refractivity contribution < 1.29 is 54.5 Å². The van der Waals surface area contributed by atoms with Gasteiger partial charge in [0.1, 0.15) is 30.5 Å². The van der Waals surface area contributed by atoms with Gasteiger partial charge in [-0.15, -0.1) is 0 Å². The smallest absolute Gasteiger partial charge is 0.303 e. The fourth-order valence-electron chi connectivity index (χ4n) is 4.08. The van der Waals surface area contributed by atoms with Gasteiger partial charge in [-0.25, -0.2) is 0 Å². The van der Waals surface area contributed by atoms with Crippen LogP contribution in [0.3, 0.4) is 0 Å². The lowest BCUT2D eigenvalue weighted by atomic mass is 9.91. The molecule has 13 nitrogen and oxygen atoms in total. The summed E-state index contributed by atoms with van der Waals surface area (Å²) in [5.74, 6) is -2.47. The van der Waals surface area contributed by atoms with Crippen molar-refractivity contribution in [3.8, 4) is 0 Å². The monoisotopic (exact) mass is 492 g/mol. The van der Waals surface area contributed by atoms with E-state index in [1.807, 2.05) is 0 Å². The molecule has 1 aliphatic carbocycles. The molecule has 2 rings (SSSR count). The Bertz CT molecular complexity index is 694. The Balaban J connectivity index is 2.01. The number of amides is 2. The first-order valence-electron chi connectivity index (χ1n) is 11.5. The topological polar surface area (TPSA) is 215 Å². The van der Waals surface area contributed by atoms with Crippen molar-refractivity contribution in [1.82, 2.24) is 10.6 Å². The summed E-state index contributed by atoms with van der Waals surface area (Å²) in [7, 11) is 0. The average Bonchev–Trinajstić information content (AvgIpc) is 2.79. The molecular formula is C21H36N2O11. The first-order chi connectivity index (χ1) is 16.0. The first kappa shape index (κ1) is 28.4. The van der Waals surface area contributed by atoms with E-state index in [0.717, 1.165) is 12.8 Å². The second kappa shape index (κ2) is 13.3. The highest BCUT2D eigenvalue weighted by Crippen LogP contribution is 2.28. The van der Waals surface area contributed by atoms with Gasteiger partial charge in [0, 0.05) is 12.8 Å². The maximum Gasteiger partial charge on any atom is 0.303 e. The quantitative estimate of drug-likeness (QED) is 0.149. The van der Waals surface area contributed by atoms with Gasteiger partial charge in [-0.1, -0.05) is 12.8 Å². The number of aliphatic hydroxyl groups is 5. The number of hydrogen-bond donors (Lipinski definition) is 8. The standard InChI is InChI=1S/C21H36N2O11/c1-10-17(29)18(30)19(31)21(33-10)34-13-6-3-2-5-11(13)22-20(32)16(12(25)9-24)23-14(26)7-4-8-15(27)28/h10-13,16-19,21,24-25,29-31H,2-9H2,1H3,(H,22,32)(H,23,26)(H,27,28)/t10-,11+,12+,13+,16-,17+,18+,19-,21-/m0/s1. The molecule has 0 bridgehead atoms. The van der Waals surface area contributed by atoms with Crippen LogP contribution in [0.1, 0.15) is 51.9 Å². The number of carboxylic acid groups (broad SMARTS) is 1. The molecule has 2 aliphatic rings. The van der Waals surface area contributed by atoms with Crippen molar-refractivity contribution in [3.05, 3.63) is 0 Å². The van der Waals surface area contributed by atoms with Crippen LogP contribution in [0.25, 0.3) is 0 Å². The van der Waals surface area contributed by atoms with E-state index in [4.69, 9.17) is 14.6 Å². The van der Waals surface area contributed by atoms with Crippen molar-refractivity contribution in [3.63, 3.8) is 0 Å². The molecule has 8 N–H and O–H groups in total. The molecule has 0 spiro atoms. The molecule has 0 unspecified atom stereocenters. The normalized spacial score (nSPS) is 33.5. The van der Waals surface area contributed by atoms with Crippen LogP contribution >= 0.6 is 0 Å². The highest BCUT2D eigenvalue weighted by Gasteiger charge is 2.44. The second-order valence-electron chi connectivity index (χ2n) is 8.80. The number of ether oxygens (including phenoxy) is 2. The number of carboxylic acids is 1. The summed E-state index contributed by atoms with van der Waals surface area (Å²) >= 11 is 0. The van der Waals surface area contributed by atoms with Crippen LogP contribution in [0.5, 0.6) is 0 Å². The zero-order valence-corrected chi connectivity index (χ0v) is 19.1. The van der Waals surface area contributed by atoms with E-state index >= 15 is 0 Å². The summed E-state index contributed by atoms with van der Waals surface area (Å²) < 4.78 is 11.3. The fraction of sp³-hybridized carbons (Fsp3) is 0.857. The van der Waals surface area contributed by atoms with E-state index in [-0.39, 0.29) is 19.3 Å². The Hall–Kier alpha value is -1.87. The number of rotatable bonds is 11. The molecular weight excluding hydrogens is 456 g/mol. The summed E-state index contributed by atoms with van der Waals surface area (Å²) in [6.45, 7) is 0.731. The van der Waals surface area contributed by atoms with E-state index in [0.29, 0.717) is 12.8 Å². The zero-order chi connectivity index (χ0) is 25.4. The van der Waals surface area contributed by atoms with Crippen LogP contribution in [0.4, 0.5) is 0 Å². The lowest BCUT2D eigenvalue weighted by molar-refractivity contribution is -0.307. The van der Waals surface area contributed by atoms with Crippen LogP contribution in [-0.4, -0.2) is 110 Å². The molecule has 13 heteroatoms. The third-order valence-corrected chi connectivity index (χ3v) is 6.11. The molecule has 1 saturated carbocycles. The predicted octanol–water partition coefficient (Wildman–Crippen LogP) is -2.65. The van der Waals surface area contributed by atoms with Crippen LogP contribution < -0.4 is 10.6 Å². The van der Waals surface area contributed by atoms with Gasteiger partial charge in [-0.2, -0.15) is 0 Å². The van der Waals surface area contributed by atoms with E-state index in [1.165, 1.54) is 6.92 Å². The number of hydrogen-bond acceptors (Lipinski definition) is 10. The van der Waals surface area contributed by atoms with E-state index in [1.54, 1.807) is 0 Å². The van der Waals surface area contributed by atoms with Gasteiger partial charge in [0.2, 0.25) is 11.8 Å². The summed E-state index contributed by atoms with van der Waals surface area (Å²) in [6.07, 6.45) is -6.32. The number of carbonyl (C=O) groups excluding carboxylic acids is 2. The molecule has 0 aromatic heterocycles. The lowest BCUT2D eigenvalue weighted by Gasteiger charge is -2.42. The Morgan fingerprint density at radius 2 is 1.74 bits per heavy atom. The molecule has 0 radical (unpaired) electrons. The molecule has 2 amide bonds. The van der Waals surface area contributed by atoms with Crippen molar-refractivity contribution in [2.24, 2.45) is 0 Å². The maximum atomic E-state index is 12.9. The lowest BCUT2D eigenvalue weighted by Crippen LogP contribution is -2.61. The number of aliphatic carboxylic acids is 1. The van der Waals surface area contributed by atoms with Crippen molar-refractivity contribution in [1.29, 1.82) is 0 Å². The van der Waals surface area contributed by atoms with Crippen LogP contribution in [0.2, 0.25) is 0 Å². The molecule has 0 aromatic carbocycles. The molecule has 1 saturated heterocycles. The van der Waals surface area contributed by atoms with Gasteiger partial charge in [-0.3, -0.25) is 14.4 Å². The van der Waals surface area contributed by atoms with Crippen LogP contribution in [-0.2, 0) is 23.9 Å². The van der Waals surface area contributed by atoms with Gasteiger partial charge in [-0.05, 0) is 26.2 Å². The molecule has 0 aromatic rings. The summed E-state index contributed by atoms with van der Waals surface area (Å²) in [5.41, 5.74) is 0. The Morgan fingerprint density at radius 3 is 2.38 bits per heavy atom. The van der Waals surface area contributed by atoms with E-state index < -0.39 is 79.4 Å². The van der Waals surface area contributed by atoms with Crippen molar-refractivity contribution in [2.75, 3.05) is 6.61 Å². The SMILES string of the molecule is C[C@@H]1O[C@@H](O[C@@H]2CCCC[C@H]2NC(=O)[C@@H](NC(=O)CCCC(=O)O)[C@H](O)CO)[C@@H](O)[C@H](O)[C@@H]1O. The van der Waals surface area contributed by atoms with Crippen molar-refractivity contribution in [2.45, 2.75) is 107 Å². The molecule has 34 heavy (non-hydrogen) atoms. The predicted molar refractivity (Wildman–Crippen MR) is 114 cm³/mol. The molecule has 1 heterocycles. The number of carbonyl (C=O) groups is 3. The zero-order valence-electron chi connectivity index (χ0n) is 19.1. The van der Waals surface area contributed by atoms with E-state index in [2.05, 4.69) is 10.6 Å². The van der Waals surface area contributed by atoms with Gasteiger partial charge in [0.05, 0.1) is 24.9 Å². The Morgan fingerprint density at radius 1 is 1.06 bits per heavy atom. The van der Waals surface area contributed by atoms with E-state index in [9.17, 15) is 39.9 Å². The summed E-state index contributed by atoms with van der Waals surface area (Å²) in [6, 6.07) is -2.05. The van der Waals surface area contributed by atoms with Crippen LogP contribution in [0.15, 0.2) is 0 Å². The second-order valence-corrected chi connectivity index (χ2v) is 8.80. The highest BCUT2D eigenvalue weighted by atomic mass is 16.7. The van der Waals surface area contributed by atoms with Crippen molar-refractivity contribution >= 4 is 17.8 Å². The van der Waals surface area contributed by atoms with Crippen LogP contribution in [0, 0.1) is 0 Å². The first-order valence-corrected chi connectivity index (χ1v) is 11.5. The van der Waals surface area contributed by atoms with Gasteiger partial charge in [0.25, 0.3) is 0 Å². The molecule has 9 atom stereocenters. The average molecular weight is 493 g/mol. The minimum absolute atomic E-state index is 0.0476. The molecule has 2 fully saturated rings. The largest absolute Gasteiger partial charge is 0.481 e. The highest BCUT2D eigenvalue weighted by molar-refractivity contribution is 5.88. The fourth-order valence-corrected chi connectivity index (χ4v) is 4.08. The minimum Gasteiger partial charge on any atom is -0.481 e. The number of nitrogens with one attached hydrogen (secondary N) is 2. The summed E-state index contributed by atoms with van der Waals surface area (Å²) in [4.78, 5) is 35.6. The third kappa shape index (κ3) is 7.83. The molecule has 1 aliphatic heterocycles. The summed E-state index contributed by atoms with van der Waals surface area (Å²) in [5, 5.41) is 63.2. The van der Waals surface area contributed by atoms with Gasteiger partial charge < -0.3 is 50.7 Å². The van der Waals surface area contributed by atoms with Gasteiger partial charge >= 0.3 is 5.97 Å². The third-order valence-electron chi connectivity index (χ3n) is 6.11. The Kier molecular flexibility index (Phi) is 11.1. The molecule has 196 valence electrons. The Labute approximate surface area is 197 Å². The van der Waals surface area contributed by atoms with Gasteiger partial charge in [0.15, 0.2) is 6.29 Å². The number of aliphatic hydroxyl groups excluding tert-OH is 5. The minimum atomic E-state index is -1.59.